The Bertz CT molecular complexity index is 4150. The second-order valence-electron chi connectivity index (χ2n) is 33.2. The number of esters is 1. The zero-order valence-corrected chi connectivity index (χ0v) is 74.7. The van der Waals surface area contributed by atoms with Gasteiger partial charge in [0.15, 0.2) is 11.4 Å². The first-order valence-electron chi connectivity index (χ1n) is 44.7. The van der Waals surface area contributed by atoms with E-state index in [4.69, 9.17) is 87.6 Å². The molecule has 36 heteroatoms. The van der Waals surface area contributed by atoms with Crippen LogP contribution in [0, 0.1) is 29.6 Å². The molecule has 4 aliphatic heterocycles. The number of carbonyl (C=O) groups excluding carboxylic acids is 7. The lowest BCUT2D eigenvalue weighted by molar-refractivity contribution is -0.265. The van der Waals surface area contributed by atoms with E-state index in [1.807, 2.05) is 72.1 Å². The number of pyridine rings is 1. The Kier molecular flexibility index (Phi) is 43.5. The number of fused-ring (bicyclic) bond motifs is 5. The smallest absolute Gasteiger partial charge is 0.407 e. The number of nitrogens with two attached hydrogens (primary N) is 2. The number of alkyl carbamates (subject to hydrolysis) is 1. The quantitative estimate of drug-likeness (QED) is 0.0106. The molecule has 9 rings (SSSR count). The average molecular weight is 1770 g/mol. The highest BCUT2D eigenvalue weighted by atomic mass is 16.6. The summed E-state index contributed by atoms with van der Waals surface area (Å²) < 4.78 is 88.0. The van der Waals surface area contributed by atoms with Gasteiger partial charge in [-0.15, -0.1) is 0 Å². The number of H-pyrrole nitrogens is 1. The Morgan fingerprint density at radius 3 is 1.92 bits per heavy atom. The molecule has 15 atom stereocenters. The third-order valence-electron chi connectivity index (χ3n) is 23.9. The molecule has 0 aromatic carbocycles. The summed E-state index contributed by atoms with van der Waals surface area (Å²) in [5.41, 5.74) is 17.3. The first kappa shape index (κ1) is 102. The summed E-state index contributed by atoms with van der Waals surface area (Å²) in [7, 11) is 3.06. The molecule has 702 valence electrons. The highest BCUT2D eigenvalue weighted by Crippen LogP contribution is 2.39. The number of nitrogen functional groups attached to an aromatic ring is 1. The molecule has 1 saturated carbocycles. The van der Waals surface area contributed by atoms with Crippen LogP contribution in [0.1, 0.15) is 144 Å². The Morgan fingerprint density at radius 1 is 0.683 bits per heavy atom. The molecule has 0 radical (unpaired) electrons. The number of allylic oxidation sites excluding steroid dienone is 6. The summed E-state index contributed by atoms with van der Waals surface area (Å²) in [4.78, 5) is 117. The number of carbonyl (C=O) groups is 7. The minimum atomic E-state index is -2.51. The van der Waals surface area contributed by atoms with Gasteiger partial charge in [-0.05, 0) is 126 Å². The zero-order chi connectivity index (χ0) is 90.3. The number of aliphatic hydroxyl groups excluding tert-OH is 2. The van der Waals surface area contributed by atoms with E-state index in [-0.39, 0.29) is 81.3 Å². The van der Waals surface area contributed by atoms with Gasteiger partial charge in [0.25, 0.3) is 11.7 Å². The first-order chi connectivity index (χ1) is 60.9. The monoisotopic (exact) mass is 1770 g/mol. The van der Waals surface area contributed by atoms with Gasteiger partial charge in [-0.1, -0.05) is 64.2 Å². The summed E-state index contributed by atoms with van der Waals surface area (Å²) >= 11 is 0. The SMILES string of the molecule is CO[C@H]1C[C@@H]2CC[C@@H](C)[C@@](O)(O2)C(=O)C(=O)N2CCCC[C@H]2C(=O)O[C@H]([C@H](N)CC2CC[C@@H](OC(=O)NCCOCCOCCOCCOCCOCCOCCOCCOCCOCCOCCC(=O)N3CCC(n4nc(-c5cnc6[nH]ccc6c5)c5c(N)ncnc54)CC3)[C@H](OC)C2)CC(=O)[C@H](C)/C=C(\C)[C@@H](O)[C@@H](O)C(=O)[C@H](C)C[C@H](C)/C=C/C=CC=C1C. The minimum absolute atomic E-state index is 0.00144. The molecule has 126 heavy (non-hydrogen) atoms. The van der Waals surface area contributed by atoms with E-state index in [1.165, 1.54) is 26.4 Å². The minimum Gasteiger partial charge on any atom is -0.459 e. The number of methoxy groups -OCH3 is 2. The van der Waals surface area contributed by atoms with Crippen LogP contribution >= 0.6 is 0 Å². The number of aromatic nitrogens is 6. The molecule has 1 unspecified atom stereocenters. The lowest BCUT2D eigenvalue weighted by Crippen LogP contribution is -2.61. The third-order valence-corrected chi connectivity index (χ3v) is 23.9. The fourth-order valence-electron chi connectivity index (χ4n) is 16.5. The van der Waals surface area contributed by atoms with Crippen molar-refractivity contribution in [2.45, 2.75) is 204 Å². The van der Waals surface area contributed by atoms with E-state index in [0.717, 1.165) is 39.9 Å². The van der Waals surface area contributed by atoms with Crippen molar-refractivity contribution in [3.05, 3.63) is 78.5 Å². The third kappa shape index (κ3) is 31.4. The van der Waals surface area contributed by atoms with Crippen LogP contribution in [0.5, 0.6) is 0 Å². The van der Waals surface area contributed by atoms with Crippen molar-refractivity contribution in [3.63, 3.8) is 0 Å². The molecule has 9 N–H and O–H groups in total. The van der Waals surface area contributed by atoms with E-state index >= 15 is 0 Å². The molecule has 4 fully saturated rings. The number of amides is 3. The Hall–Kier alpha value is -7.99. The van der Waals surface area contributed by atoms with Crippen molar-refractivity contribution in [2.24, 2.45) is 35.3 Å². The Balaban J connectivity index is 0.568. The lowest BCUT2D eigenvalue weighted by atomic mass is 9.80. The molecular weight excluding hydrogens is 1640 g/mol. The molecule has 2 bridgehead atoms. The maximum atomic E-state index is 14.6. The van der Waals surface area contributed by atoms with Gasteiger partial charge in [-0.3, -0.25) is 24.0 Å². The number of nitrogens with one attached hydrogen (secondary N) is 2. The number of aliphatic hydroxyl groups is 3. The van der Waals surface area contributed by atoms with Crippen molar-refractivity contribution >= 4 is 69.1 Å². The fourth-order valence-corrected chi connectivity index (χ4v) is 16.5. The number of hydrogen-bond acceptors (Lipinski definition) is 31. The van der Waals surface area contributed by atoms with Gasteiger partial charge in [0.05, 0.1) is 168 Å². The summed E-state index contributed by atoms with van der Waals surface area (Å²) in [5, 5.41) is 43.9. The normalized spacial score (nSPS) is 26.8. The Labute approximate surface area is 738 Å². The number of anilines is 1. The van der Waals surface area contributed by atoms with Crippen LogP contribution in [0.25, 0.3) is 33.3 Å². The number of rotatable bonds is 41. The standard InChI is InChI=1S/C90H137N11O25/c1-59-14-10-9-11-15-60(2)74(112-7)55-69-19-17-64(6)90(111,126-69)83(107)87(108)100-27-13-12-16-71(100)88(109)124-75(56-72(102)61(3)51-63(5)81(105)82(106)80(104)62(4)50-59)70(91)52-65-18-20-73(76(53-65)113-8)125-89(110)94-26-31-115-33-35-117-37-39-119-41-43-121-45-47-123-49-48-122-46-44-120-42-40-118-38-36-116-34-32-114-30-24-77(103)99-28-22-68(23-29-99)101-86-78(84(92)96-58-97-86)79(98-101)67-54-66-21-25-93-85(66)95-57-67/h9-11,14-15,21,25,51,54,57-59,61-62,64-65,68-71,73-76,81-82,105-106,111H,12-13,16-20,22-24,26-50,52-53,55-56,91H2,1-8H3,(H,93,95)(H,94,110)(H2,92,96,97)/b11-9?,14-10+,60-15?,63-51+/t59-,61-,62-,64-,65?,69+,70-,71+,73-,74+,75+,76-,81-,82+,90-/m1/s1. The highest BCUT2D eigenvalue weighted by molar-refractivity contribution is 6.39. The molecule has 4 aromatic heterocycles. The van der Waals surface area contributed by atoms with Gasteiger partial charge >= 0.3 is 12.1 Å². The summed E-state index contributed by atoms with van der Waals surface area (Å²) in [6, 6.07) is 1.77. The second-order valence-corrected chi connectivity index (χ2v) is 33.2. The number of aromatic amines is 1. The summed E-state index contributed by atoms with van der Waals surface area (Å²) in [6.45, 7) is 19.1. The number of ether oxygens (including phenoxy) is 15. The molecule has 3 amide bonds. The number of Topliss-reactive ketones (excluding diaryl/α,β-unsaturated/α-hetero) is 3. The zero-order valence-electron chi connectivity index (χ0n) is 74.7. The van der Waals surface area contributed by atoms with E-state index < -0.39 is 120 Å². The predicted octanol–water partition coefficient (Wildman–Crippen LogP) is 6.64. The van der Waals surface area contributed by atoms with Crippen LogP contribution in [-0.2, 0) is 99.8 Å². The fraction of sp³-hybridized carbons (Fsp3) is 0.700. The maximum absolute atomic E-state index is 14.6. The van der Waals surface area contributed by atoms with Gasteiger partial charge in [-0.2, -0.15) is 5.10 Å². The summed E-state index contributed by atoms with van der Waals surface area (Å²) in [6.07, 6.45) is 13.6. The molecule has 3 saturated heterocycles. The van der Waals surface area contributed by atoms with Crippen molar-refractivity contribution in [3.8, 4) is 11.3 Å². The van der Waals surface area contributed by atoms with Crippen molar-refractivity contribution in [1.82, 2.24) is 44.8 Å². The van der Waals surface area contributed by atoms with Crippen LogP contribution < -0.4 is 16.8 Å². The molecule has 36 nitrogen and oxygen atoms in total. The number of nitrogens with zero attached hydrogens (tertiary/aromatic N) is 7. The number of cyclic esters (lactones) is 1. The van der Waals surface area contributed by atoms with Crippen molar-refractivity contribution in [2.75, 3.05) is 178 Å². The number of piperidine rings is 2. The predicted molar refractivity (Wildman–Crippen MR) is 464 cm³/mol. The number of ketones is 3. The molecular formula is C90H137N11O25. The Morgan fingerprint density at radius 2 is 1.30 bits per heavy atom. The molecule has 0 spiro atoms. The lowest BCUT2D eigenvalue weighted by Gasteiger charge is -2.42. The van der Waals surface area contributed by atoms with Crippen molar-refractivity contribution < 1.29 is 120 Å². The van der Waals surface area contributed by atoms with E-state index in [1.54, 1.807) is 34.1 Å². The average Bonchev–Trinajstić information content (AvgIpc) is 1.78. The highest BCUT2D eigenvalue weighted by Gasteiger charge is 2.53. The van der Waals surface area contributed by atoms with Gasteiger partial charge in [-0.25, -0.2) is 29.2 Å². The first-order valence-corrected chi connectivity index (χ1v) is 44.7. The van der Waals surface area contributed by atoms with Gasteiger partial charge < -0.3 is 118 Å². The van der Waals surface area contributed by atoms with E-state index in [9.17, 15) is 48.9 Å². The molecule has 5 aliphatic rings. The van der Waals surface area contributed by atoms with Crippen LogP contribution in [0.3, 0.4) is 0 Å². The van der Waals surface area contributed by atoms with E-state index in [2.05, 4.69) is 25.3 Å². The largest absolute Gasteiger partial charge is 0.459 e. The van der Waals surface area contributed by atoms with Gasteiger partial charge in [0.2, 0.25) is 11.7 Å². The molecule has 1 aliphatic carbocycles. The molecule has 4 aromatic rings. The second kappa shape index (κ2) is 53.8. The van der Waals surface area contributed by atoms with Crippen LogP contribution in [0.4, 0.5) is 10.6 Å². The van der Waals surface area contributed by atoms with Crippen molar-refractivity contribution in [1.29, 1.82) is 0 Å². The summed E-state index contributed by atoms with van der Waals surface area (Å²) in [5.74, 6) is -8.89. The van der Waals surface area contributed by atoms with Gasteiger partial charge in [0, 0.05) is 100 Å². The van der Waals surface area contributed by atoms with Crippen LogP contribution in [-0.4, -0.2) is 329 Å². The van der Waals surface area contributed by atoms with Crippen LogP contribution in [0.2, 0.25) is 0 Å². The van der Waals surface area contributed by atoms with Gasteiger partial charge in [0.1, 0.15) is 59.7 Å². The van der Waals surface area contributed by atoms with E-state index in [0.29, 0.717) is 206 Å². The topological polar surface area (TPSA) is 461 Å². The number of likely N-dealkylation sites (tertiary alicyclic amines) is 1. The molecule has 8 heterocycles. The van der Waals surface area contributed by atoms with Crippen LogP contribution in [0.15, 0.2) is 78.5 Å². The maximum Gasteiger partial charge on any atom is 0.407 e. The number of hydrogen-bond donors (Lipinski definition) is 7.